The monoisotopic (exact) mass is 1320 g/mol. The van der Waals surface area contributed by atoms with Crippen LogP contribution in [0.3, 0.4) is 0 Å². The summed E-state index contributed by atoms with van der Waals surface area (Å²) >= 11 is 0. The van der Waals surface area contributed by atoms with Crippen LogP contribution < -0.4 is 0 Å². The van der Waals surface area contributed by atoms with Gasteiger partial charge in [0.1, 0.15) is 6.61 Å². The Morgan fingerprint density at radius 1 is 0.223 bits per heavy atom. The molecule has 0 saturated heterocycles. The van der Waals surface area contributed by atoms with Crippen LogP contribution in [0.1, 0.15) is 464 Å². The first kappa shape index (κ1) is 91.0. The molecule has 0 N–H and O–H groups in total. The standard InChI is InChI=1S/C87H160O7/c1-5-9-13-17-21-25-29-33-37-40-43-46-50-53-57-61-65-69-73-77-82(88)87(94-86(91)80-76-72-68-64-60-56-52-48-45-42-39-35-31-27-23-19-15-11-7-3)83(93-85(90)79-75-71-67-63-59-55-49-36-32-28-24-20-16-12-8-4)81-92-84(89)78-74-70-66-62-58-54-51-47-44-41-38-34-30-26-22-18-14-10-6-2/h33-39,49,83,87H,5-32,40-48,50-81H2,1-4H3/b37-33-,38-34-,39-35-,49-36-. The van der Waals surface area contributed by atoms with Gasteiger partial charge in [0.25, 0.3) is 0 Å². The van der Waals surface area contributed by atoms with Crippen molar-refractivity contribution in [2.24, 2.45) is 0 Å². The zero-order chi connectivity index (χ0) is 68.0. The highest BCUT2D eigenvalue weighted by molar-refractivity contribution is 5.86. The summed E-state index contributed by atoms with van der Waals surface area (Å²) in [6.45, 7) is 8.81. The second kappa shape index (κ2) is 79.0. The Bertz CT molecular complexity index is 1700. The Labute approximate surface area is 585 Å². The summed E-state index contributed by atoms with van der Waals surface area (Å²) < 4.78 is 18.1. The summed E-state index contributed by atoms with van der Waals surface area (Å²) in [5.41, 5.74) is 0. The molecular formula is C87H160O7. The summed E-state index contributed by atoms with van der Waals surface area (Å²) in [4.78, 5) is 55.1. The van der Waals surface area contributed by atoms with E-state index in [1.54, 1.807) is 0 Å². The van der Waals surface area contributed by atoms with Gasteiger partial charge in [0.15, 0.2) is 18.0 Å². The molecule has 0 saturated carbocycles. The molecule has 0 aliphatic carbocycles. The molecule has 94 heavy (non-hydrogen) atoms. The number of unbranched alkanes of at least 4 members (excludes halogenated alkanes) is 56. The number of allylic oxidation sites excluding steroid dienone is 8. The molecule has 550 valence electrons. The lowest BCUT2D eigenvalue weighted by atomic mass is 10.0. The minimum absolute atomic E-state index is 0.207. The van der Waals surface area contributed by atoms with Crippen molar-refractivity contribution in [1.82, 2.24) is 0 Å². The molecule has 0 fully saturated rings. The average Bonchev–Trinajstić information content (AvgIpc) is 1.77. The number of carbonyl (C=O) groups is 4. The molecule has 0 heterocycles. The minimum atomic E-state index is -1.30. The van der Waals surface area contributed by atoms with Crippen LogP contribution in [0.2, 0.25) is 0 Å². The van der Waals surface area contributed by atoms with Crippen LogP contribution >= 0.6 is 0 Å². The fraction of sp³-hybridized carbons (Fsp3) is 0.862. The first-order valence-corrected chi connectivity index (χ1v) is 42.1. The largest absolute Gasteiger partial charge is 0.462 e. The average molecular weight is 1320 g/mol. The highest BCUT2D eigenvalue weighted by Crippen LogP contribution is 2.21. The highest BCUT2D eigenvalue weighted by atomic mass is 16.6. The lowest BCUT2D eigenvalue weighted by molar-refractivity contribution is -0.179. The van der Waals surface area contributed by atoms with Gasteiger partial charge < -0.3 is 14.2 Å². The Hall–Kier alpha value is -2.96. The van der Waals surface area contributed by atoms with Crippen LogP contribution in [-0.4, -0.2) is 42.5 Å². The summed E-state index contributed by atoms with van der Waals surface area (Å²) in [7, 11) is 0. The maximum atomic E-state index is 14.3. The highest BCUT2D eigenvalue weighted by Gasteiger charge is 2.35. The van der Waals surface area contributed by atoms with Gasteiger partial charge in [-0.25, -0.2) is 0 Å². The van der Waals surface area contributed by atoms with E-state index in [2.05, 4.69) is 76.3 Å². The van der Waals surface area contributed by atoms with Crippen molar-refractivity contribution in [3.63, 3.8) is 0 Å². The number of esters is 3. The van der Waals surface area contributed by atoms with E-state index in [-0.39, 0.29) is 44.0 Å². The Kier molecular flexibility index (Phi) is 76.5. The van der Waals surface area contributed by atoms with Crippen LogP contribution in [0.4, 0.5) is 0 Å². The zero-order valence-corrected chi connectivity index (χ0v) is 63.4. The van der Waals surface area contributed by atoms with E-state index in [4.69, 9.17) is 14.2 Å². The van der Waals surface area contributed by atoms with E-state index in [0.29, 0.717) is 19.3 Å². The maximum Gasteiger partial charge on any atom is 0.306 e. The van der Waals surface area contributed by atoms with Gasteiger partial charge in [-0.2, -0.15) is 0 Å². The normalized spacial score (nSPS) is 12.6. The molecule has 2 unspecified atom stereocenters. The van der Waals surface area contributed by atoms with Crippen molar-refractivity contribution in [2.45, 2.75) is 477 Å². The number of hydrogen-bond acceptors (Lipinski definition) is 7. The Balaban J connectivity index is 5.43. The van der Waals surface area contributed by atoms with Crippen LogP contribution in [0, 0.1) is 0 Å². The van der Waals surface area contributed by atoms with Gasteiger partial charge in [0.2, 0.25) is 0 Å². The van der Waals surface area contributed by atoms with Gasteiger partial charge in [-0.15, -0.1) is 0 Å². The SMILES string of the molecule is CCCCCCCC/C=C\CCCCCCCCCCCC(=O)OCC(OC(=O)CCCCCCC/C=C\CCCCCCCC)C(OC(=O)CCCCCCCCCCC/C=C\CCCCCCCC)C(=O)CCCCCCCCCCC/C=C\CCCCCCCC. The van der Waals surface area contributed by atoms with Gasteiger partial charge in [-0.1, -0.05) is 359 Å². The topological polar surface area (TPSA) is 96.0 Å². The molecule has 7 heteroatoms. The maximum absolute atomic E-state index is 14.3. The van der Waals surface area contributed by atoms with Crippen molar-refractivity contribution in [3.8, 4) is 0 Å². The predicted molar refractivity (Wildman–Crippen MR) is 409 cm³/mol. The third kappa shape index (κ3) is 71.8. The van der Waals surface area contributed by atoms with Gasteiger partial charge in [-0.05, 0) is 128 Å². The predicted octanol–water partition coefficient (Wildman–Crippen LogP) is 28.8. The van der Waals surface area contributed by atoms with Crippen molar-refractivity contribution < 1.29 is 33.4 Å². The molecule has 0 aliphatic rings. The van der Waals surface area contributed by atoms with Crippen LogP contribution in [0.25, 0.3) is 0 Å². The Morgan fingerprint density at radius 3 is 0.660 bits per heavy atom. The lowest BCUT2D eigenvalue weighted by Crippen LogP contribution is -2.44. The third-order valence-corrected chi connectivity index (χ3v) is 19.2. The van der Waals surface area contributed by atoms with Gasteiger partial charge >= 0.3 is 17.9 Å². The molecule has 2 atom stereocenters. The first-order chi connectivity index (χ1) is 46.4. The van der Waals surface area contributed by atoms with Crippen LogP contribution in [-0.2, 0) is 33.4 Å². The molecule has 0 aliphatic heterocycles. The molecule has 0 radical (unpaired) electrons. The third-order valence-electron chi connectivity index (χ3n) is 19.2. The van der Waals surface area contributed by atoms with Gasteiger partial charge in [-0.3, -0.25) is 19.2 Å². The van der Waals surface area contributed by atoms with Crippen LogP contribution in [0.5, 0.6) is 0 Å². The van der Waals surface area contributed by atoms with Crippen molar-refractivity contribution in [1.29, 1.82) is 0 Å². The van der Waals surface area contributed by atoms with Gasteiger partial charge in [0, 0.05) is 25.7 Å². The molecule has 0 aromatic carbocycles. The number of Topliss-reactive ketones (excluding diaryl/α,β-unsaturated/α-hetero) is 1. The number of rotatable bonds is 78. The molecule has 0 amide bonds. The van der Waals surface area contributed by atoms with E-state index in [1.165, 1.54) is 302 Å². The Morgan fingerprint density at radius 2 is 0.415 bits per heavy atom. The van der Waals surface area contributed by atoms with E-state index in [1.807, 2.05) is 0 Å². The number of ether oxygens (including phenoxy) is 3. The molecule has 0 rings (SSSR count). The van der Waals surface area contributed by atoms with Crippen LogP contribution in [0.15, 0.2) is 48.6 Å². The minimum Gasteiger partial charge on any atom is -0.462 e. The van der Waals surface area contributed by atoms with Crippen molar-refractivity contribution in [3.05, 3.63) is 48.6 Å². The van der Waals surface area contributed by atoms with E-state index in [0.717, 1.165) is 89.9 Å². The number of carbonyl (C=O) groups excluding carboxylic acids is 4. The van der Waals surface area contributed by atoms with Gasteiger partial charge in [0.05, 0.1) is 0 Å². The molecule has 0 aromatic rings. The fourth-order valence-electron chi connectivity index (χ4n) is 12.9. The fourth-order valence-corrected chi connectivity index (χ4v) is 12.9. The second-order valence-electron chi connectivity index (χ2n) is 28.7. The molecule has 0 spiro atoms. The summed E-state index contributed by atoms with van der Waals surface area (Å²) in [5, 5.41) is 0. The summed E-state index contributed by atoms with van der Waals surface area (Å²) in [6, 6.07) is 0. The summed E-state index contributed by atoms with van der Waals surface area (Å²) in [5.74, 6) is -1.49. The van der Waals surface area contributed by atoms with Crippen molar-refractivity contribution >= 4 is 23.7 Å². The quantitative estimate of drug-likeness (QED) is 0.0259. The second-order valence-corrected chi connectivity index (χ2v) is 28.7. The number of hydrogen-bond donors (Lipinski definition) is 0. The molecule has 0 aromatic heterocycles. The lowest BCUT2D eigenvalue weighted by Gasteiger charge is -2.26. The smallest absolute Gasteiger partial charge is 0.306 e. The van der Waals surface area contributed by atoms with E-state index >= 15 is 0 Å². The zero-order valence-electron chi connectivity index (χ0n) is 63.4. The first-order valence-electron chi connectivity index (χ1n) is 42.1. The number of ketones is 1. The van der Waals surface area contributed by atoms with E-state index < -0.39 is 24.1 Å². The summed E-state index contributed by atoms with van der Waals surface area (Å²) in [6.07, 6.45) is 94.9. The molecule has 0 bridgehead atoms. The van der Waals surface area contributed by atoms with E-state index in [9.17, 15) is 19.2 Å². The molecule has 7 nitrogen and oxygen atoms in total. The van der Waals surface area contributed by atoms with Crippen molar-refractivity contribution in [2.75, 3.05) is 6.61 Å². The molecular weight excluding hydrogens is 1160 g/mol.